The molecule has 1 heteroatoms. The molecular formula is C20H32O. The number of rotatable bonds is 5. The summed E-state index contributed by atoms with van der Waals surface area (Å²) < 4.78 is 0. The van der Waals surface area contributed by atoms with Crippen LogP contribution in [0.1, 0.15) is 59.8 Å². The average Bonchev–Trinajstić information content (AvgIpc) is 2.91. The second-order valence-corrected chi connectivity index (χ2v) is 8.18. The molecule has 0 amide bonds. The molecule has 0 saturated heterocycles. The van der Waals surface area contributed by atoms with E-state index in [9.17, 15) is 4.79 Å². The highest BCUT2D eigenvalue weighted by atomic mass is 16.1. The Balaban J connectivity index is 2.18. The summed E-state index contributed by atoms with van der Waals surface area (Å²) in [5.74, 6) is 2.69. The molecule has 0 bridgehead atoms. The summed E-state index contributed by atoms with van der Waals surface area (Å²) in [6, 6.07) is 0. The summed E-state index contributed by atoms with van der Waals surface area (Å²) in [6.45, 7) is 17.3. The Morgan fingerprint density at radius 2 is 1.76 bits per heavy atom. The fourth-order valence-corrected chi connectivity index (χ4v) is 5.13. The maximum atomic E-state index is 11.7. The first kappa shape index (κ1) is 16.5. The second kappa shape index (κ2) is 6.10. The quantitative estimate of drug-likeness (QED) is 0.487. The number of aldehydes is 1. The summed E-state index contributed by atoms with van der Waals surface area (Å²) in [6.07, 6.45) is 7.30. The predicted molar refractivity (Wildman–Crippen MR) is 90.0 cm³/mol. The molecule has 118 valence electrons. The predicted octanol–water partition coefficient (Wildman–Crippen LogP) is 5.42. The van der Waals surface area contributed by atoms with Crippen molar-refractivity contribution in [1.82, 2.24) is 0 Å². The molecule has 0 aromatic heterocycles. The van der Waals surface area contributed by atoms with Crippen LogP contribution in [0.3, 0.4) is 0 Å². The van der Waals surface area contributed by atoms with Gasteiger partial charge in [0.05, 0.1) is 0 Å². The van der Waals surface area contributed by atoms with Crippen LogP contribution in [0.5, 0.6) is 0 Å². The van der Waals surface area contributed by atoms with Gasteiger partial charge in [-0.25, -0.2) is 0 Å². The van der Waals surface area contributed by atoms with E-state index < -0.39 is 0 Å². The summed E-state index contributed by atoms with van der Waals surface area (Å²) in [5, 5.41) is 0. The molecule has 0 N–H and O–H groups in total. The number of carbonyl (C=O) groups excluding carboxylic acids is 1. The van der Waals surface area contributed by atoms with E-state index >= 15 is 0 Å². The maximum Gasteiger partial charge on any atom is 0.124 e. The minimum Gasteiger partial charge on any atom is -0.303 e. The van der Waals surface area contributed by atoms with E-state index in [1.165, 1.54) is 43.1 Å². The molecule has 2 rings (SSSR count). The first-order valence-corrected chi connectivity index (χ1v) is 8.56. The number of allylic oxidation sites excluding steroid dienone is 2. The molecule has 0 aromatic rings. The lowest BCUT2D eigenvalue weighted by Crippen LogP contribution is -2.32. The zero-order chi connectivity index (χ0) is 15.8. The highest BCUT2D eigenvalue weighted by Gasteiger charge is 2.48. The highest BCUT2D eigenvalue weighted by molar-refractivity contribution is 5.57. The maximum absolute atomic E-state index is 11.7. The van der Waals surface area contributed by atoms with E-state index in [4.69, 9.17) is 0 Å². The van der Waals surface area contributed by atoms with Gasteiger partial charge < -0.3 is 4.79 Å². The molecule has 6 atom stereocenters. The van der Waals surface area contributed by atoms with Crippen molar-refractivity contribution in [2.45, 2.75) is 59.8 Å². The lowest BCUT2D eigenvalue weighted by molar-refractivity contribution is -0.115. The van der Waals surface area contributed by atoms with Crippen LogP contribution in [0.15, 0.2) is 24.3 Å². The first-order chi connectivity index (χ1) is 9.80. The molecule has 2 saturated carbocycles. The summed E-state index contributed by atoms with van der Waals surface area (Å²) in [4.78, 5) is 11.7. The van der Waals surface area contributed by atoms with Gasteiger partial charge in [-0.05, 0) is 75.0 Å². The molecule has 0 heterocycles. The zero-order valence-corrected chi connectivity index (χ0v) is 14.3. The van der Waals surface area contributed by atoms with Gasteiger partial charge in [0.2, 0.25) is 0 Å². The smallest absolute Gasteiger partial charge is 0.124 e. The Bertz CT molecular complexity index is 435. The van der Waals surface area contributed by atoms with Crippen molar-refractivity contribution in [2.75, 3.05) is 0 Å². The number of hydrogen-bond acceptors (Lipinski definition) is 1. The van der Waals surface area contributed by atoms with Gasteiger partial charge in [0.15, 0.2) is 0 Å². The van der Waals surface area contributed by atoms with Gasteiger partial charge in [-0.15, -0.1) is 0 Å². The van der Waals surface area contributed by atoms with Crippen LogP contribution in [0.4, 0.5) is 0 Å². The third kappa shape index (κ3) is 3.03. The van der Waals surface area contributed by atoms with E-state index in [1.54, 1.807) is 0 Å². The van der Waals surface area contributed by atoms with E-state index in [-0.39, 0.29) is 11.3 Å². The molecule has 21 heavy (non-hydrogen) atoms. The molecule has 2 aliphatic rings. The van der Waals surface area contributed by atoms with Crippen LogP contribution in [0, 0.1) is 35.0 Å². The fraction of sp³-hybridized carbons (Fsp3) is 0.750. The molecule has 2 aliphatic carbocycles. The molecule has 2 fully saturated rings. The van der Waals surface area contributed by atoms with E-state index in [0.717, 1.165) is 12.3 Å². The minimum absolute atomic E-state index is 0.155. The van der Waals surface area contributed by atoms with Crippen molar-refractivity contribution in [3.63, 3.8) is 0 Å². The number of carbonyl (C=O) groups is 1. The molecule has 0 aromatic carbocycles. The topological polar surface area (TPSA) is 17.1 Å². The monoisotopic (exact) mass is 288 g/mol. The van der Waals surface area contributed by atoms with Crippen molar-refractivity contribution >= 4 is 6.29 Å². The molecule has 0 spiro atoms. The average molecular weight is 288 g/mol. The van der Waals surface area contributed by atoms with Gasteiger partial charge in [-0.1, -0.05) is 38.2 Å². The summed E-state index contributed by atoms with van der Waals surface area (Å²) >= 11 is 0. The van der Waals surface area contributed by atoms with Crippen LogP contribution < -0.4 is 0 Å². The molecule has 0 unspecified atom stereocenters. The Morgan fingerprint density at radius 3 is 2.29 bits per heavy atom. The van der Waals surface area contributed by atoms with Gasteiger partial charge >= 0.3 is 0 Å². The fourth-order valence-electron chi connectivity index (χ4n) is 5.13. The molecule has 1 nitrogen and oxygen atoms in total. The summed E-state index contributed by atoms with van der Waals surface area (Å²) in [5.41, 5.74) is 2.68. The van der Waals surface area contributed by atoms with Crippen molar-refractivity contribution in [2.24, 2.45) is 35.0 Å². The van der Waals surface area contributed by atoms with Crippen molar-refractivity contribution in [3.05, 3.63) is 24.3 Å². The van der Waals surface area contributed by atoms with Crippen LogP contribution >= 0.6 is 0 Å². The van der Waals surface area contributed by atoms with Crippen molar-refractivity contribution in [1.29, 1.82) is 0 Å². The normalized spacial score (nSPS) is 43.0. The number of hydrogen-bond donors (Lipinski definition) is 0. The van der Waals surface area contributed by atoms with Crippen LogP contribution in [0.25, 0.3) is 0 Å². The highest BCUT2D eigenvalue weighted by Crippen LogP contribution is 2.55. The standard InChI is InChI=1S/C20H32O/c1-13(2)16-8-7-15(5)18(16)11-20(6)10-9-17(14(3)4)19(20)12-21/h12,15-19H,1,3,7-11H2,2,4-6H3/t15-,16+,17+,18+,19+,20-/m1/s1. The van der Waals surface area contributed by atoms with Crippen LogP contribution in [-0.4, -0.2) is 6.29 Å². The Kier molecular flexibility index (Phi) is 4.80. The SMILES string of the molecule is C=C(C)[C@@H]1CC[C@@H](C)[C@@H]1C[C@@]1(C)CC[C@@H](C(=C)C)[C@@H]1C=O. The molecule has 0 radical (unpaired) electrons. The van der Waals surface area contributed by atoms with E-state index in [0.29, 0.717) is 17.8 Å². The van der Waals surface area contributed by atoms with Crippen molar-refractivity contribution < 1.29 is 4.79 Å². The third-order valence-corrected chi connectivity index (χ3v) is 6.56. The van der Waals surface area contributed by atoms with Crippen molar-refractivity contribution in [3.8, 4) is 0 Å². The van der Waals surface area contributed by atoms with Gasteiger partial charge in [0, 0.05) is 5.92 Å². The van der Waals surface area contributed by atoms with E-state index in [2.05, 4.69) is 40.9 Å². The third-order valence-electron chi connectivity index (χ3n) is 6.56. The largest absolute Gasteiger partial charge is 0.303 e. The van der Waals surface area contributed by atoms with Gasteiger partial charge in [-0.2, -0.15) is 0 Å². The Hall–Kier alpha value is -0.850. The first-order valence-electron chi connectivity index (χ1n) is 8.56. The van der Waals surface area contributed by atoms with E-state index in [1.807, 2.05) is 0 Å². The summed E-state index contributed by atoms with van der Waals surface area (Å²) in [7, 11) is 0. The minimum atomic E-state index is 0.155. The molecular weight excluding hydrogens is 256 g/mol. The lowest BCUT2D eigenvalue weighted by atomic mass is 9.67. The van der Waals surface area contributed by atoms with Crippen LogP contribution in [0.2, 0.25) is 0 Å². The Labute approximate surface area is 130 Å². The zero-order valence-electron chi connectivity index (χ0n) is 14.3. The lowest BCUT2D eigenvalue weighted by Gasteiger charge is -2.36. The second-order valence-electron chi connectivity index (χ2n) is 8.18. The molecule has 0 aliphatic heterocycles. The van der Waals surface area contributed by atoms with Gasteiger partial charge in [-0.3, -0.25) is 0 Å². The van der Waals surface area contributed by atoms with Crippen LogP contribution in [-0.2, 0) is 4.79 Å². The Morgan fingerprint density at radius 1 is 1.14 bits per heavy atom. The van der Waals surface area contributed by atoms with Gasteiger partial charge in [0.1, 0.15) is 6.29 Å². The van der Waals surface area contributed by atoms with Gasteiger partial charge in [0.25, 0.3) is 0 Å².